The van der Waals surface area contributed by atoms with Crippen molar-refractivity contribution < 1.29 is 47.9 Å². The number of imidazole rings is 1. The third-order valence-electron chi connectivity index (χ3n) is 12.8. The Morgan fingerprint density at radius 3 is 2.03 bits per heavy atom. The highest BCUT2D eigenvalue weighted by Crippen LogP contribution is 2.19. The van der Waals surface area contributed by atoms with Gasteiger partial charge in [-0.1, -0.05) is 68.3 Å². The van der Waals surface area contributed by atoms with E-state index in [4.69, 9.17) is 17.2 Å². The number of aromatic amines is 2. The maximum Gasteiger partial charge on any atom is 0.243 e. The van der Waals surface area contributed by atoms with Crippen molar-refractivity contribution in [1.29, 1.82) is 0 Å². The molecule has 7 unspecified atom stereocenters. The van der Waals surface area contributed by atoms with Crippen LogP contribution >= 0.6 is 0 Å². The van der Waals surface area contributed by atoms with Crippen LogP contribution in [0.2, 0.25) is 0 Å². The average Bonchev–Trinajstić information content (AvgIpc) is 4.09. The quantitative estimate of drug-likeness (QED) is 0.0272. The Bertz CT molecular complexity index is 2730. The molecule has 0 spiro atoms. The maximum absolute atomic E-state index is 14.7. The number of rotatable bonds is 19. The number of aromatic nitrogens is 3. The van der Waals surface area contributed by atoms with Gasteiger partial charge in [0.05, 0.1) is 6.33 Å². The van der Waals surface area contributed by atoms with E-state index in [1.165, 1.54) is 19.4 Å². The number of carbonyl (C=O) groups is 10. The van der Waals surface area contributed by atoms with Crippen LogP contribution in [0.4, 0.5) is 0 Å². The first-order valence-corrected chi connectivity index (χ1v) is 25.9. The van der Waals surface area contributed by atoms with E-state index in [0.717, 1.165) is 10.9 Å². The first-order valence-electron chi connectivity index (χ1n) is 25.9. The molecule has 1 aliphatic rings. The molecule has 2 aromatic heterocycles. The van der Waals surface area contributed by atoms with Crippen LogP contribution in [0.15, 0.2) is 78.3 Å². The third-order valence-corrected chi connectivity index (χ3v) is 12.8. The Balaban J connectivity index is 1.51. The predicted octanol–water partition coefficient (Wildman–Crippen LogP) is -2.13. The molecule has 10 amide bonds. The standard InChI is InChI=1S/C52H72N16O10/c1-3-4-14-36(62-30(2)69)46(73)64-39-20-23-58-44(71)18-17-43(70)57-22-19-38(48(75)66-40(45(53)72)25-32-27-60-35-15-9-8-13-34(32)35)65-47(74)37(16-10-21-59-52(54)55)63-50(77)41(24-31-11-6-5-7-12-31)67-51(78)42(68-49(39)76)26-33-28-56-29-61-33/h5-9,11-13,15,27-29,36-42,60H,3-4,10,14,16-26H2,1-2H3,(H2,53,72)(H,56,61)(H,57,70)(H,58,71)(H,62,69)(H,63,77)(H,64,73)(H,65,74)(H,66,75)(H,67,78)(H,68,76)(H4,54,55,59). The van der Waals surface area contributed by atoms with E-state index in [1.54, 1.807) is 36.5 Å². The SMILES string of the molecule is CCCCC(NC(C)=O)C(=O)NC1CCNC(=O)CCC(=O)NCCC(C(=O)NC(Cc2c[nH]c3ccccc23)C(N)=O)NC(=O)C(CCCN=C(N)N)NC(=O)C(Cc2ccccc2)NC(=O)C(Cc2cnc[nH]2)NC1=O. The Kier molecular flexibility index (Phi) is 23.6. The highest BCUT2D eigenvalue weighted by Gasteiger charge is 2.35. The highest BCUT2D eigenvalue weighted by molar-refractivity contribution is 5.98. The number of hydrogen-bond acceptors (Lipinski definition) is 12. The molecular formula is C52H72N16O10. The van der Waals surface area contributed by atoms with Crippen LogP contribution < -0.4 is 65.1 Å². The van der Waals surface area contributed by atoms with Crippen LogP contribution in [0, 0.1) is 0 Å². The molecule has 0 radical (unpaired) electrons. The first kappa shape index (κ1) is 60.0. The van der Waals surface area contributed by atoms with Gasteiger partial charge in [-0.25, -0.2) is 4.98 Å². The van der Waals surface area contributed by atoms with E-state index in [0.29, 0.717) is 29.7 Å². The number of para-hydroxylation sites is 1. The normalized spacial score (nSPS) is 20.2. The predicted molar refractivity (Wildman–Crippen MR) is 287 cm³/mol. The van der Waals surface area contributed by atoms with E-state index in [1.807, 2.05) is 31.2 Å². The molecule has 4 aromatic rings. The highest BCUT2D eigenvalue weighted by atomic mass is 16.2. The monoisotopic (exact) mass is 1080 g/mol. The van der Waals surface area contributed by atoms with Crippen molar-refractivity contribution in [3.63, 3.8) is 0 Å². The largest absolute Gasteiger partial charge is 0.370 e. The number of unbranched alkanes of at least 4 members (excludes halogenated alkanes) is 1. The molecular weight excluding hydrogens is 1010 g/mol. The fourth-order valence-corrected chi connectivity index (χ4v) is 8.61. The van der Waals surface area contributed by atoms with Gasteiger partial charge in [0, 0.05) is 87.7 Å². The van der Waals surface area contributed by atoms with Gasteiger partial charge in [-0.15, -0.1) is 0 Å². The van der Waals surface area contributed by atoms with Crippen LogP contribution in [0.1, 0.15) is 88.5 Å². The minimum Gasteiger partial charge on any atom is -0.370 e. The number of amides is 10. The molecule has 0 saturated carbocycles. The number of aliphatic imine (C=N–C) groups is 1. The number of benzene rings is 2. The maximum atomic E-state index is 14.7. The number of guanidine groups is 1. The molecule has 0 aliphatic carbocycles. The van der Waals surface area contributed by atoms with Crippen LogP contribution in [0.25, 0.3) is 10.9 Å². The molecule has 1 fully saturated rings. The second kappa shape index (κ2) is 30.6. The van der Waals surface area contributed by atoms with Crippen molar-refractivity contribution in [1.82, 2.24) is 62.8 Å². The lowest BCUT2D eigenvalue weighted by Crippen LogP contribution is -2.61. The Hall–Kier alpha value is -8.84. The van der Waals surface area contributed by atoms with Crippen molar-refractivity contribution in [2.24, 2.45) is 22.2 Å². The van der Waals surface area contributed by atoms with Crippen LogP contribution in [0.3, 0.4) is 0 Å². The van der Waals surface area contributed by atoms with Crippen LogP contribution in [-0.2, 0) is 67.2 Å². The van der Waals surface area contributed by atoms with Gasteiger partial charge in [-0.3, -0.25) is 52.9 Å². The van der Waals surface area contributed by atoms with E-state index in [-0.39, 0.29) is 89.8 Å². The fraction of sp³-hybridized carbons (Fsp3) is 0.462. The lowest BCUT2D eigenvalue weighted by Gasteiger charge is -2.28. The number of primary amides is 1. The van der Waals surface area contributed by atoms with E-state index >= 15 is 0 Å². The van der Waals surface area contributed by atoms with E-state index in [2.05, 4.69) is 67.8 Å². The molecule has 26 nitrogen and oxygen atoms in total. The van der Waals surface area contributed by atoms with Gasteiger partial charge in [0.25, 0.3) is 0 Å². The molecule has 1 saturated heterocycles. The number of H-pyrrole nitrogens is 2. The molecule has 26 heteroatoms. The zero-order chi connectivity index (χ0) is 56.6. The summed E-state index contributed by atoms with van der Waals surface area (Å²) in [5.41, 5.74) is 19.4. The number of carbonyl (C=O) groups excluding carboxylic acids is 10. The number of nitrogens with zero attached hydrogens (tertiary/aromatic N) is 2. The second-order valence-corrected chi connectivity index (χ2v) is 18.9. The minimum atomic E-state index is -1.45. The van der Waals surface area contributed by atoms with Gasteiger partial charge >= 0.3 is 0 Å². The number of hydrogen-bond donors (Lipinski definition) is 14. The smallest absolute Gasteiger partial charge is 0.243 e. The summed E-state index contributed by atoms with van der Waals surface area (Å²) in [4.78, 5) is 152. The first-order chi connectivity index (χ1) is 37.4. The van der Waals surface area contributed by atoms with Gasteiger partial charge < -0.3 is 75.0 Å². The van der Waals surface area contributed by atoms with Crippen LogP contribution in [0.5, 0.6) is 0 Å². The van der Waals surface area contributed by atoms with Gasteiger partial charge in [-0.05, 0) is 49.3 Å². The molecule has 3 heterocycles. The second-order valence-electron chi connectivity index (χ2n) is 18.9. The van der Waals surface area contributed by atoms with Gasteiger partial charge in [-0.2, -0.15) is 0 Å². The number of nitrogens with one attached hydrogen (secondary N) is 11. The van der Waals surface area contributed by atoms with Gasteiger partial charge in [0.1, 0.15) is 42.3 Å². The lowest BCUT2D eigenvalue weighted by molar-refractivity contribution is -0.135. The summed E-state index contributed by atoms with van der Waals surface area (Å²) in [5, 5.41) is 24.8. The summed E-state index contributed by atoms with van der Waals surface area (Å²) in [5.74, 6) is -7.75. The zero-order valence-electron chi connectivity index (χ0n) is 43.8. The summed E-state index contributed by atoms with van der Waals surface area (Å²) in [6, 6.07) is 6.52. The summed E-state index contributed by atoms with van der Waals surface area (Å²) in [6.07, 6.45) is 4.57. The zero-order valence-corrected chi connectivity index (χ0v) is 43.8. The Morgan fingerprint density at radius 2 is 1.37 bits per heavy atom. The third kappa shape index (κ3) is 19.7. The van der Waals surface area contributed by atoms with Crippen LogP contribution in [-0.4, -0.2) is 142 Å². The molecule has 2 aromatic carbocycles. The Labute approximate surface area is 450 Å². The number of fused-ring (bicyclic) bond motifs is 1. The lowest BCUT2D eigenvalue weighted by atomic mass is 10.0. The Morgan fingerprint density at radius 1 is 0.731 bits per heavy atom. The molecule has 0 bridgehead atoms. The van der Waals surface area contributed by atoms with Gasteiger partial charge in [0.15, 0.2) is 5.96 Å². The van der Waals surface area contributed by atoms with Gasteiger partial charge in [0.2, 0.25) is 59.1 Å². The molecule has 7 atom stereocenters. The van der Waals surface area contributed by atoms with E-state index in [9.17, 15) is 47.9 Å². The minimum absolute atomic E-state index is 0.0251. The van der Waals surface area contributed by atoms with Crippen molar-refractivity contribution in [2.45, 2.75) is 133 Å². The van der Waals surface area contributed by atoms with Crippen molar-refractivity contribution in [2.75, 3.05) is 19.6 Å². The molecule has 1 aliphatic heterocycles. The summed E-state index contributed by atoms with van der Waals surface area (Å²) in [7, 11) is 0. The van der Waals surface area contributed by atoms with Crippen molar-refractivity contribution in [3.8, 4) is 0 Å². The summed E-state index contributed by atoms with van der Waals surface area (Å²) < 4.78 is 0. The molecule has 17 N–H and O–H groups in total. The number of nitrogens with two attached hydrogens (primary N) is 3. The summed E-state index contributed by atoms with van der Waals surface area (Å²) in [6.45, 7) is 2.77. The fourth-order valence-electron chi connectivity index (χ4n) is 8.61. The topological polar surface area (TPSA) is 414 Å². The molecule has 5 rings (SSSR count). The average molecular weight is 1080 g/mol. The molecule has 420 valence electrons. The van der Waals surface area contributed by atoms with E-state index < -0.39 is 101 Å². The molecule has 78 heavy (non-hydrogen) atoms. The van der Waals surface area contributed by atoms with Crippen molar-refractivity contribution >= 4 is 75.9 Å². The summed E-state index contributed by atoms with van der Waals surface area (Å²) >= 11 is 0. The van der Waals surface area contributed by atoms with Crippen molar-refractivity contribution in [3.05, 3.63) is 90.1 Å².